The molecule has 4 nitrogen and oxygen atoms in total. The lowest BCUT2D eigenvalue weighted by atomic mass is 10.00. The summed E-state index contributed by atoms with van der Waals surface area (Å²) < 4.78 is 1.62. The van der Waals surface area contributed by atoms with Crippen molar-refractivity contribution < 1.29 is 4.79 Å². The number of hydrogen-bond donors (Lipinski definition) is 1. The van der Waals surface area contributed by atoms with Crippen LogP contribution in [0, 0.1) is 6.92 Å². The van der Waals surface area contributed by atoms with Gasteiger partial charge in [-0.05, 0) is 18.6 Å². The minimum absolute atomic E-state index is 0.162. The summed E-state index contributed by atoms with van der Waals surface area (Å²) in [6.45, 7) is 1.89. The Morgan fingerprint density at radius 1 is 1.50 bits per heavy atom. The summed E-state index contributed by atoms with van der Waals surface area (Å²) in [5.74, 6) is -0.162. The van der Waals surface area contributed by atoms with Gasteiger partial charge in [0.05, 0.1) is 12.2 Å². The predicted molar refractivity (Wildman–Crippen MR) is 70.7 cm³/mol. The zero-order valence-corrected chi connectivity index (χ0v) is 11.0. The summed E-state index contributed by atoms with van der Waals surface area (Å²) in [5, 5.41) is 4.57. The average molecular weight is 264 g/mol. The molecule has 0 spiro atoms. The van der Waals surface area contributed by atoms with Crippen LogP contribution in [0.25, 0.3) is 0 Å². The van der Waals surface area contributed by atoms with E-state index in [0.717, 1.165) is 5.56 Å². The topological polar surface area (TPSA) is 60.9 Å². The molecule has 1 heterocycles. The smallest absolute Gasteiger partial charge is 0.184 e. The van der Waals surface area contributed by atoms with Crippen molar-refractivity contribution in [3.8, 4) is 0 Å². The van der Waals surface area contributed by atoms with Crippen molar-refractivity contribution in [2.24, 2.45) is 12.8 Å². The van der Waals surface area contributed by atoms with E-state index in [1.165, 1.54) is 0 Å². The number of ketones is 1. The molecule has 2 rings (SSSR count). The van der Waals surface area contributed by atoms with Crippen molar-refractivity contribution in [3.05, 3.63) is 52.3 Å². The van der Waals surface area contributed by atoms with Gasteiger partial charge in [0.15, 0.2) is 5.78 Å². The van der Waals surface area contributed by atoms with Crippen molar-refractivity contribution in [1.29, 1.82) is 0 Å². The van der Waals surface area contributed by atoms with Crippen molar-refractivity contribution in [1.82, 2.24) is 9.78 Å². The van der Waals surface area contributed by atoms with Crippen LogP contribution in [-0.2, 0) is 7.05 Å². The molecule has 0 aliphatic carbocycles. The molecule has 18 heavy (non-hydrogen) atoms. The number of nitrogens with two attached hydrogens (primary N) is 1. The number of benzene rings is 1. The normalized spacial score (nSPS) is 12.4. The summed E-state index contributed by atoms with van der Waals surface area (Å²) in [6, 6.07) is 4.48. The van der Waals surface area contributed by atoms with Crippen molar-refractivity contribution >= 4 is 17.4 Å². The van der Waals surface area contributed by atoms with Gasteiger partial charge in [-0.25, -0.2) is 0 Å². The summed E-state index contributed by atoms with van der Waals surface area (Å²) >= 11 is 6.00. The zero-order valence-electron chi connectivity index (χ0n) is 10.2. The van der Waals surface area contributed by atoms with E-state index in [-0.39, 0.29) is 5.78 Å². The number of halogens is 1. The van der Waals surface area contributed by atoms with Crippen LogP contribution >= 0.6 is 11.6 Å². The second-order valence-corrected chi connectivity index (χ2v) is 4.66. The van der Waals surface area contributed by atoms with E-state index in [2.05, 4.69) is 5.10 Å². The van der Waals surface area contributed by atoms with Gasteiger partial charge in [0.25, 0.3) is 0 Å². The standard InChI is InChI=1S/C13H14ClN3O/c1-8-3-4-9(5-11(8)14)13(18)12(15)10-6-16-17(2)7-10/h3-7,12H,15H2,1-2H3. The molecule has 1 aromatic carbocycles. The molecule has 1 unspecified atom stereocenters. The fraction of sp³-hybridized carbons (Fsp3) is 0.231. The maximum absolute atomic E-state index is 12.2. The van der Waals surface area contributed by atoms with Crippen LogP contribution in [0.1, 0.15) is 27.5 Å². The van der Waals surface area contributed by atoms with E-state index in [1.54, 1.807) is 36.3 Å². The molecule has 0 aliphatic heterocycles. The van der Waals surface area contributed by atoms with Crippen LogP contribution in [0.15, 0.2) is 30.6 Å². The third kappa shape index (κ3) is 2.44. The lowest BCUT2D eigenvalue weighted by molar-refractivity contribution is 0.0961. The van der Waals surface area contributed by atoms with Crippen molar-refractivity contribution in [3.63, 3.8) is 0 Å². The number of carbonyl (C=O) groups excluding carboxylic acids is 1. The molecule has 0 amide bonds. The molecule has 1 atom stereocenters. The highest BCUT2D eigenvalue weighted by Crippen LogP contribution is 2.21. The predicted octanol–water partition coefficient (Wildman–Crippen LogP) is 2.26. The summed E-state index contributed by atoms with van der Waals surface area (Å²) in [6.07, 6.45) is 3.33. The van der Waals surface area contributed by atoms with Gasteiger partial charge < -0.3 is 5.73 Å². The molecule has 2 N–H and O–H groups in total. The van der Waals surface area contributed by atoms with Crippen molar-refractivity contribution in [2.75, 3.05) is 0 Å². The second kappa shape index (κ2) is 4.92. The molecular formula is C13H14ClN3O. The Labute approximate surface area is 110 Å². The molecule has 2 aromatic rings. The van der Waals surface area contributed by atoms with E-state index >= 15 is 0 Å². The number of aromatic nitrogens is 2. The van der Waals surface area contributed by atoms with Gasteiger partial charge in [-0.1, -0.05) is 23.7 Å². The fourth-order valence-electron chi connectivity index (χ4n) is 1.68. The summed E-state index contributed by atoms with van der Waals surface area (Å²) in [7, 11) is 1.78. The average Bonchev–Trinajstić information content (AvgIpc) is 2.77. The van der Waals surface area contributed by atoms with Crippen LogP contribution < -0.4 is 5.73 Å². The van der Waals surface area contributed by atoms with Gasteiger partial charge in [-0.15, -0.1) is 0 Å². The SMILES string of the molecule is Cc1ccc(C(=O)C(N)c2cnn(C)c2)cc1Cl. The lowest BCUT2D eigenvalue weighted by Gasteiger charge is -2.09. The first-order valence-corrected chi connectivity index (χ1v) is 5.91. The molecule has 0 saturated carbocycles. The molecule has 0 bridgehead atoms. The Hall–Kier alpha value is -1.65. The highest BCUT2D eigenvalue weighted by Gasteiger charge is 2.19. The molecule has 5 heteroatoms. The maximum atomic E-state index is 12.2. The Bertz CT molecular complexity index is 592. The van der Waals surface area contributed by atoms with E-state index in [1.807, 2.05) is 13.0 Å². The van der Waals surface area contributed by atoms with Crippen LogP contribution in [0.4, 0.5) is 0 Å². The molecule has 0 radical (unpaired) electrons. The minimum atomic E-state index is -0.711. The molecule has 94 valence electrons. The van der Waals surface area contributed by atoms with E-state index in [0.29, 0.717) is 16.1 Å². The Morgan fingerprint density at radius 2 is 2.22 bits per heavy atom. The number of aryl methyl sites for hydroxylation is 2. The molecule has 1 aromatic heterocycles. The molecule has 0 aliphatic rings. The van der Waals surface area contributed by atoms with E-state index < -0.39 is 6.04 Å². The van der Waals surface area contributed by atoms with E-state index in [9.17, 15) is 4.79 Å². The second-order valence-electron chi connectivity index (χ2n) is 4.25. The lowest BCUT2D eigenvalue weighted by Crippen LogP contribution is -2.21. The quantitative estimate of drug-likeness (QED) is 0.864. The van der Waals surface area contributed by atoms with E-state index in [4.69, 9.17) is 17.3 Å². The van der Waals surface area contributed by atoms with Gasteiger partial charge in [-0.2, -0.15) is 5.10 Å². The first-order chi connectivity index (χ1) is 8.49. The van der Waals surface area contributed by atoms with Crippen LogP contribution in [0.2, 0.25) is 5.02 Å². The maximum Gasteiger partial charge on any atom is 0.184 e. The first-order valence-electron chi connectivity index (χ1n) is 5.53. The Kier molecular flexibility index (Phi) is 3.50. The number of rotatable bonds is 3. The monoisotopic (exact) mass is 263 g/mol. The Balaban J connectivity index is 2.28. The third-order valence-electron chi connectivity index (χ3n) is 2.82. The summed E-state index contributed by atoms with van der Waals surface area (Å²) in [5.41, 5.74) is 8.07. The Morgan fingerprint density at radius 3 is 2.78 bits per heavy atom. The number of nitrogens with zero attached hydrogens (tertiary/aromatic N) is 2. The van der Waals surface area contributed by atoms with Crippen molar-refractivity contribution in [2.45, 2.75) is 13.0 Å². The van der Waals surface area contributed by atoms with Gasteiger partial charge in [-0.3, -0.25) is 9.48 Å². The number of carbonyl (C=O) groups is 1. The largest absolute Gasteiger partial charge is 0.317 e. The first kappa shape index (κ1) is 12.8. The molecular weight excluding hydrogens is 250 g/mol. The van der Waals surface area contributed by atoms with Crippen LogP contribution in [-0.4, -0.2) is 15.6 Å². The minimum Gasteiger partial charge on any atom is -0.317 e. The van der Waals surface area contributed by atoms with Crippen LogP contribution in [0.5, 0.6) is 0 Å². The summed E-state index contributed by atoms with van der Waals surface area (Å²) in [4.78, 5) is 12.2. The highest BCUT2D eigenvalue weighted by molar-refractivity contribution is 6.31. The van der Waals surface area contributed by atoms with Crippen LogP contribution in [0.3, 0.4) is 0 Å². The third-order valence-corrected chi connectivity index (χ3v) is 3.23. The number of Topliss-reactive ketones (excluding diaryl/α,β-unsaturated/α-hetero) is 1. The molecule has 0 fully saturated rings. The van der Waals surface area contributed by atoms with Gasteiger partial charge in [0, 0.05) is 29.4 Å². The fourth-order valence-corrected chi connectivity index (χ4v) is 1.86. The van der Waals surface area contributed by atoms with Gasteiger partial charge in [0.2, 0.25) is 0 Å². The van der Waals surface area contributed by atoms with Gasteiger partial charge in [0.1, 0.15) is 0 Å². The number of hydrogen-bond acceptors (Lipinski definition) is 3. The highest BCUT2D eigenvalue weighted by atomic mass is 35.5. The zero-order chi connectivity index (χ0) is 13.3. The van der Waals surface area contributed by atoms with Gasteiger partial charge >= 0.3 is 0 Å². The molecule has 0 saturated heterocycles.